The minimum atomic E-state index is -3.87. The van der Waals surface area contributed by atoms with Gasteiger partial charge in [-0.25, -0.2) is 0 Å². The van der Waals surface area contributed by atoms with E-state index in [0.29, 0.717) is 63.8 Å². The summed E-state index contributed by atoms with van der Waals surface area (Å²) in [4.78, 5) is 130. The number of likely N-dealkylation sites (N-methyl/N-ethyl adjacent to an activating group) is 3. The molecule has 1 aromatic carbocycles. The van der Waals surface area contributed by atoms with Gasteiger partial charge in [0, 0.05) is 103 Å². The van der Waals surface area contributed by atoms with Crippen LogP contribution >= 0.6 is 0 Å². The number of carbonyl (C=O) groups is 11. The summed E-state index contributed by atoms with van der Waals surface area (Å²) in [6.45, 7) is 17.3. The Morgan fingerprint density at radius 2 is 1.44 bits per heavy atom. The van der Waals surface area contributed by atoms with Gasteiger partial charge in [-0.1, -0.05) is 52.3 Å². The number of halogens is 1. The normalized spacial score (nSPS) is 18.7. The maximum atomic E-state index is 14.0. The van der Waals surface area contributed by atoms with Gasteiger partial charge in [0.25, 0.3) is 11.9 Å². The lowest BCUT2D eigenvalue weighted by Crippen LogP contribution is -2.47. The molecule has 6 amide bonds. The quantitative estimate of drug-likeness (QED) is 0.0522. The summed E-state index contributed by atoms with van der Waals surface area (Å²) in [7, 11) is 3.42. The molecule has 474 valence electrons. The molecule has 4 aliphatic rings. The number of likely N-dealkylation sites (tertiary alicyclic amines) is 1. The number of aryl methyl sites for hydroxylation is 1. The number of anilines is 1. The number of para-hydroxylation sites is 1. The lowest BCUT2D eigenvalue weighted by atomic mass is 9.96. The number of nitrogens with one attached hydrogen (secondary N) is 6. The monoisotopic (exact) mass is 1210 g/mol. The number of aliphatic carboxylic acids is 1. The second-order valence-electron chi connectivity index (χ2n) is 20.7. The molecular formula is C55H93AlFN11O16. The van der Waals surface area contributed by atoms with Crippen LogP contribution in [0.15, 0.2) is 18.2 Å². The van der Waals surface area contributed by atoms with Gasteiger partial charge in [0.15, 0.2) is 0 Å². The Bertz CT molecular complexity index is 2230. The van der Waals surface area contributed by atoms with Crippen LogP contribution < -0.4 is 37.6 Å². The number of esters is 1. The first-order chi connectivity index (χ1) is 39.9. The van der Waals surface area contributed by atoms with Crippen LogP contribution in [-0.4, -0.2) is 235 Å². The average molecular weight is 1210 g/mol. The summed E-state index contributed by atoms with van der Waals surface area (Å²) in [6.07, 6.45) is 6.19. The number of cyclic esters (lactones) is 1. The van der Waals surface area contributed by atoms with Crippen LogP contribution in [0.4, 0.5) is 9.21 Å². The molecular weight excluding hydrogens is 1120 g/mol. The second-order valence-corrected chi connectivity index (χ2v) is 21.8. The zero-order chi connectivity index (χ0) is 63.1. The SMILES string of the molecule is C=O.CCC(=O)O.CCC(C)CC(=O)NC(C)CCc1cccc2c1NC(C(=O)NC)C2.CCN1CCN(CC2CCN(CC(=O)NCC(=O)NCCC(=O)NCCC(N)=O)CC2)CCN(C)CC(=O)[O][Al]([F])[O]C(=O)C1.O=C1CCC(O)O1. The van der Waals surface area contributed by atoms with Crippen molar-refractivity contribution in [2.45, 2.75) is 130 Å². The predicted molar refractivity (Wildman–Crippen MR) is 310 cm³/mol. The summed E-state index contributed by atoms with van der Waals surface area (Å²) in [5, 5.41) is 33.0. The molecule has 29 heteroatoms. The fraction of sp³-hybridized carbons (Fsp3) is 0.691. The van der Waals surface area contributed by atoms with Gasteiger partial charge in [-0.2, -0.15) is 0 Å². The Hall–Kier alpha value is -6.35. The van der Waals surface area contributed by atoms with Crippen LogP contribution in [0.1, 0.15) is 110 Å². The summed E-state index contributed by atoms with van der Waals surface area (Å²) in [5.41, 5.74) is 8.51. The first kappa shape index (κ1) is 75.7. The maximum Gasteiger partial charge on any atom is 1.15 e. The Labute approximate surface area is 498 Å². The number of fused-ring (bicyclic) bond motifs is 1. The van der Waals surface area contributed by atoms with Crippen molar-refractivity contribution in [3.8, 4) is 0 Å². The van der Waals surface area contributed by atoms with E-state index >= 15 is 0 Å². The molecule has 1 aromatic rings. The number of ether oxygens (including phenoxy) is 1. The highest BCUT2D eigenvalue weighted by atomic mass is 27.3. The van der Waals surface area contributed by atoms with Crippen molar-refractivity contribution in [3.05, 3.63) is 29.3 Å². The third-order valence-corrected chi connectivity index (χ3v) is 14.7. The van der Waals surface area contributed by atoms with E-state index in [1.807, 2.05) is 29.6 Å². The van der Waals surface area contributed by atoms with Gasteiger partial charge in [-0.05, 0) is 82.3 Å². The maximum absolute atomic E-state index is 14.0. The minimum absolute atomic E-state index is 0.0211. The molecule has 84 heavy (non-hydrogen) atoms. The zero-order valence-electron chi connectivity index (χ0n) is 50.1. The third-order valence-electron chi connectivity index (χ3n) is 13.8. The molecule has 0 bridgehead atoms. The first-order valence-electron chi connectivity index (χ1n) is 28.7. The standard InChI is InChI=1S/C27H50N8O8.C20H31N3O2.C4H6O3.C3H6O2.CH2O.Al.FH/c1-3-33(20-27(42)43)14-15-35(13-12-32(2)19-26(40)41)17-21-6-10-34(11-7-21)18-25(39)31-16-24(38)30-9-5-23(37)29-8-4-22(28)36;1-5-13(2)11-18(24)22-14(3)9-10-15-7-6-8-16-12-17(20(25)21-4)23-19(15)16;5-3-1-2-4(6)7-3;1-2-3(4)5;1-2;;/h21H,3-20H2,1-2H3,(H2,28,36)(H,29,37)(H,30,38)(H,31,39)(H,40,41)(H,42,43);6-8,13-14,17,23H,5,9-12H2,1-4H3,(H,21,25)(H,22,24);3,5H,1-2H2;2H2,1H3,(H,4,5);1H2;;1H/q;;;;;+3;/p-3. The van der Waals surface area contributed by atoms with Gasteiger partial charge in [0.05, 0.1) is 32.6 Å². The molecule has 3 fully saturated rings. The van der Waals surface area contributed by atoms with Crippen LogP contribution in [0.25, 0.3) is 0 Å². The number of aliphatic hydroxyl groups excluding tert-OH is 1. The highest BCUT2D eigenvalue weighted by Crippen LogP contribution is 2.31. The van der Waals surface area contributed by atoms with E-state index in [4.69, 9.17) is 28.3 Å². The van der Waals surface area contributed by atoms with Crippen molar-refractivity contribution in [2.75, 3.05) is 111 Å². The van der Waals surface area contributed by atoms with E-state index in [1.165, 1.54) is 11.1 Å². The number of hydrogen-bond donors (Lipinski definition) is 9. The molecule has 0 saturated carbocycles. The van der Waals surface area contributed by atoms with Gasteiger partial charge in [-0.3, -0.25) is 62.6 Å². The second kappa shape index (κ2) is 43.3. The Morgan fingerprint density at radius 1 is 0.821 bits per heavy atom. The number of carboxylic acid groups (broad SMARTS) is 1. The van der Waals surface area contributed by atoms with Gasteiger partial charge in [-0.15, -0.1) is 0 Å². The Morgan fingerprint density at radius 3 is 2.01 bits per heavy atom. The fourth-order valence-corrected chi connectivity index (χ4v) is 9.30. The highest BCUT2D eigenvalue weighted by molar-refractivity contribution is 6.41. The number of carbonyl (C=O) groups excluding carboxylic acids is 10. The van der Waals surface area contributed by atoms with Crippen LogP contribution in [-0.2, 0) is 77.9 Å². The van der Waals surface area contributed by atoms with Crippen molar-refractivity contribution < 1.29 is 78.8 Å². The van der Waals surface area contributed by atoms with Crippen molar-refractivity contribution in [3.63, 3.8) is 0 Å². The van der Waals surface area contributed by atoms with E-state index in [0.717, 1.165) is 63.8 Å². The first-order valence-corrected chi connectivity index (χ1v) is 30.0. The molecule has 4 aliphatic heterocycles. The molecule has 0 aliphatic carbocycles. The topological polar surface area (TPSA) is 367 Å². The summed E-state index contributed by atoms with van der Waals surface area (Å²) in [6, 6.07) is 6.18. The minimum Gasteiger partial charge on any atom is -0.558 e. The van der Waals surface area contributed by atoms with Crippen molar-refractivity contribution in [2.24, 2.45) is 17.6 Å². The van der Waals surface area contributed by atoms with Crippen LogP contribution in [0.3, 0.4) is 0 Å². The lowest BCUT2D eigenvalue weighted by Gasteiger charge is -2.35. The lowest BCUT2D eigenvalue weighted by molar-refractivity contribution is -0.153. The van der Waals surface area contributed by atoms with Gasteiger partial charge in [0.2, 0.25) is 41.7 Å². The number of piperidine rings is 1. The number of benzene rings is 1. The summed E-state index contributed by atoms with van der Waals surface area (Å²) in [5.74, 6) is -3.04. The molecule has 4 atom stereocenters. The number of carboxylic acids is 1. The summed E-state index contributed by atoms with van der Waals surface area (Å²) < 4.78 is 27.7. The summed E-state index contributed by atoms with van der Waals surface area (Å²) >= 11 is -3.87. The van der Waals surface area contributed by atoms with Gasteiger partial charge >= 0.3 is 27.2 Å². The smallest absolute Gasteiger partial charge is 0.558 e. The number of rotatable bonds is 22. The van der Waals surface area contributed by atoms with E-state index in [-0.39, 0.29) is 100 Å². The Balaban J connectivity index is 0.000000745. The molecule has 5 rings (SSSR count). The number of amides is 6. The average Bonchev–Trinajstić information content (AvgIpc) is 4.28. The van der Waals surface area contributed by atoms with Crippen LogP contribution in [0.2, 0.25) is 0 Å². The zero-order valence-corrected chi connectivity index (χ0v) is 51.3. The largest absolute Gasteiger partial charge is 1.15 e. The van der Waals surface area contributed by atoms with E-state index in [2.05, 4.69) is 74.4 Å². The molecule has 0 radical (unpaired) electrons. The number of nitrogens with two attached hydrogens (primary N) is 1. The molecule has 0 spiro atoms. The molecule has 3 saturated heterocycles. The van der Waals surface area contributed by atoms with E-state index in [9.17, 15) is 51.5 Å². The third kappa shape index (κ3) is 34.4. The van der Waals surface area contributed by atoms with Crippen LogP contribution in [0.5, 0.6) is 0 Å². The fourth-order valence-electron chi connectivity index (χ4n) is 8.69. The highest BCUT2D eigenvalue weighted by Gasteiger charge is 2.42. The number of nitrogens with zero attached hydrogens (tertiary/aromatic N) is 4. The van der Waals surface area contributed by atoms with Gasteiger partial charge in [0.1, 0.15) is 12.8 Å². The number of aliphatic hydroxyl groups is 1. The molecule has 0 aromatic heterocycles. The molecule has 27 nitrogen and oxygen atoms in total. The van der Waals surface area contributed by atoms with E-state index in [1.54, 1.807) is 25.9 Å². The van der Waals surface area contributed by atoms with Crippen LogP contribution in [0, 0.1) is 11.8 Å². The van der Waals surface area contributed by atoms with Crippen molar-refractivity contribution in [1.29, 1.82) is 0 Å². The predicted octanol–water partition coefficient (Wildman–Crippen LogP) is -0.497. The Kier molecular flexibility index (Phi) is 39.0. The van der Waals surface area contributed by atoms with Crippen molar-refractivity contribution >= 4 is 87.1 Å². The van der Waals surface area contributed by atoms with Gasteiger partial charge < -0.3 is 73.4 Å². The van der Waals surface area contributed by atoms with Crippen molar-refractivity contribution in [1.82, 2.24) is 46.2 Å². The molecule has 4 unspecified atom stereocenters. The molecule has 4 heterocycles. The van der Waals surface area contributed by atoms with E-state index < -0.39 is 51.3 Å². The number of primary amides is 1. The number of hydrogen-bond acceptors (Lipinski definition) is 20. The molecule has 10 N–H and O–H groups in total.